The molecule has 277 valence electrons. The van der Waals surface area contributed by atoms with Crippen LogP contribution in [0.3, 0.4) is 0 Å². The number of methoxy groups -OCH3 is 2. The van der Waals surface area contributed by atoms with Gasteiger partial charge in [0, 0.05) is 65.0 Å². The summed E-state index contributed by atoms with van der Waals surface area (Å²) in [4.78, 5) is 54.4. The third kappa shape index (κ3) is 19.4. The molecule has 0 aliphatic rings. The van der Waals surface area contributed by atoms with E-state index >= 15 is 0 Å². The number of rotatable bonds is 10. The smallest absolute Gasteiger partial charge is 0.509 e. The van der Waals surface area contributed by atoms with Crippen molar-refractivity contribution in [2.24, 2.45) is 0 Å². The Morgan fingerprint density at radius 1 is 0.725 bits per heavy atom. The molecule has 51 heavy (non-hydrogen) atoms. The van der Waals surface area contributed by atoms with Gasteiger partial charge in [-0.3, -0.25) is 4.79 Å². The van der Waals surface area contributed by atoms with Crippen LogP contribution in [0.1, 0.15) is 37.4 Å². The zero-order valence-corrected chi connectivity index (χ0v) is 30.8. The average Bonchev–Trinajstić information content (AvgIpc) is 3.17. The van der Waals surface area contributed by atoms with E-state index < -0.39 is 11.9 Å². The van der Waals surface area contributed by atoms with E-state index in [4.69, 9.17) is 31.1 Å². The van der Waals surface area contributed by atoms with Crippen molar-refractivity contribution in [2.45, 2.75) is 19.1 Å². The van der Waals surface area contributed by atoms with E-state index in [2.05, 4.69) is 29.3 Å². The van der Waals surface area contributed by atoms with Crippen LogP contribution in [-0.4, -0.2) is 52.8 Å². The summed E-state index contributed by atoms with van der Waals surface area (Å²) < 4.78 is 20.0. The fraction of sp³-hybridized carbons (Fsp3) is 0.143. The summed E-state index contributed by atoms with van der Waals surface area (Å²) in [5.74, 6) is 0.717. The van der Waals surface area contributed by atoms with Gasteiger partial charge in [0.2, 0.25) is 17.3 Å². The Morgan fingerprint density at radius 3 is 1.57 bits per heavy atom. The average molecular weight is 907 g/mol. The number of benzene rings is 2. The van der Waals surface area contributed by atoms with Crippen molar-refractivity contribution in [2.75, 3.05) is 14.2 Å². The number of halogens is 1. The van der Waals surface area contributed by atoms with Gasteiger partial charge in [-0.05, 0) is 35.3 Å². The van der Waals surface area contributed by atoms with Gasteiger partial charge in [-0.15, -0.1) is 11.6 Å². The molecule has 0 aliphatic carbocycles. The molecule has 16 heteroatoms. The van der Waals surface area contributed by atoms with Gasteiger partial charge in [-0.2, -0.15) is 0 Å². The number of esters is 2. The van der Waals surface area contributed by atoms with Gasteiger partial charge in [0.25, 0.3) is 0 Å². The Bertz CT molecular complexity index is 1710. The number of nitrogens with one attached hydrogen (secondary N) is 1. The first kappa shape index (κ1) is 46.4. The number of H-pyrrole nitrogens is 1. The SMILES string of the molecule is COC(=O)c1ccc(=O)[nH]c1.COC(=O)c1ccc(OCc2ccccc2)nc1.ClCc1ccc(OCc2ccccc2)nc1.O=[C-]OO.[Ag+].[Ag]. The number of aromatic amines is 1. The summed E-state index contributed by atoms with van der Waals surface area (Å²) >= 11 is 5.67. The zero-order chi connectivity index (χ0) is 35.7. The van der Waals surface area contributed by atoms with Crippen molar-refractivity contribution in [1.29, 1.82) is 0 Å². The molecular formula is C35H33Ag2ClN3O10. The number of pyridine rings is 3. The van der Waals surface area contributed by atoms with E-state index in [-0.39, 0.29) is 50.3 Å². The zero-order valence-electron chi connectivity index (χ0n) is 27.1. The summed E-state index contributed by atoms with van der Waals surface area (Å²) in [6.45, 7) is 1.72. The molecule has 2 aromatic carbocycles. The summed E-state index contributed by atoms with van der Waals surface area (Å²) in [5.41, 5.74) is 3.70. The van der Waals surface area contributed by atoms with Crippen molar-refractivity contribution in [1.82, 2.24) is 15.0 Å². The largest absolute Gasteiger partial charge is 1.00 e. The fourth-order valence-corrected chi connectivity index (χ4v) is 3.56. The molecular weight excluding hydrogens is 874 g/mol. The third-order valence-electron chi connectivity index (χ3n) is 5.81. The molecule has 0 saturated carbocycles. The first-order chi connectivity index (χ1) is 23.8. The monoisotopic (exact) mass is 904 g/mol. The summed E-state index contributed by atoms with van der Waals surface area (Å²) in [6.07, 6.45) is 4.48. The van der Waals surface area contributed by atoms with E-state index in [1.165, 1.54) is 38.7 Å². The molecule has 0 unspecified atom stereocenters. The molecule has 0 spiro atoms. The van der Waals surface area contributed by atoms with E-state index in [1.54, 1.807) is 18.3 Å². The number of carbonyl (C=O) groups is 2. The third-order valence-corrected chi connectivity index (χ3v) is 6.12. The standard InChI is InChI=1S/C14H13NO3.C13H12ClNO.C7H7NO3.CHO3.2Ag/c1-17-14(16)12-7-8-13(15-9-12)18-10-11-5-3-2-4-6-11;14-8-12-6-7-13(15-9-12)16-10-11-4-2-1-3-5-11;1-11-7(10)5-2-3-6(9)8-4-5;2-1-4-3;;/h2-9H,10H2,1H3;1-7,9H,8,10H2;2-4H,1H3,(H,8,9);3H;;/q;;;-1;;+1. The molecule has 2 N–H and O–H groups in total. The van der Waals surface area contributed by atoms with Crippen molar-refractivity contribution in [3.05, 3.63) is 154 Å². The van der Waals surface area contributed by atoms with Gasteiger partial charge in [-0.1, -0.05) is 66.7 Å². The molecule has 5 aromatic rings. The van der Waals surface area contributed by atoms with Crippen LogP contribution in [0.5, 0.6) is 11.8 Å². The molecule has 0 saturated heterocycles. The molecule has 0 aliphatic heterocycles. The van der Waals surface area contributed by atoms with Crippen molar-refractivity contribution in [3.8, 4) is 11.8 Å². The second kappa shape index (κ2) is 28.2. The first-order valence-corrected chi connectivity index (χ1v) is 14.7. The van der Waals surface area contributed by atoms with Gasteiger partial charge < -0.3 is 33.6 Å². The topological polar surface area (TPSA) is 176 Å². The minimum absolute atomic E-state index is 0. The number of carbonyl (C=O) groups excluding carboxylic acids is 3. The quantitative estimate of drug-likeness (QED) is 0.0341. The van der Waals surface area contributed by atoms with Crippen LogP contribution in [0, 0.1) is 0 Å². The molecule has 0 fully saturated rings. The normalized spacial score (nSPS) is 9.02. The Hall–Kier alpha value is -4.57. The minimum Gasteiger partial charge on any atom is -0.509 e. The summed E-state index contributed by atoms with van der Waals surface area (Å²) in [7, 11) is 2.62. The van der Waals surface area contributed by atoms with Crippen LogP contribution in [0.2, 0.25) is 0 Å². The maximum Gasteiger partial charge on any atom is 1.00 e. The van der Waals surface area contributed by atoms with E-state index in [0.717, 1.165) is 23.2 Å². The van der Waals surface area contributed by atoms with Gasteiger partial charge in [0.05, 0.1) is 25.3 Å². The Kier molecular flexibility index (Phi) is 25.6. The summed E-state index contributed by atoms with van der Waals surface area (Å²) in [6, 6.07) is 29.5. The molecule has 0 atom stereocenters. The predicted octanol–water partition coefficient (Wildman–Crippen LogP) is 5.55. The van der Waals surface area contributed by atoms with Gasteiger partial charge in [0.1, 0.15) is 13.2 Å². The predicted molar refractivity (Wildman–Crippen MR) is 179 cm³/mol. The van der Waals surface area contributed by atoms with Crippen LogP contribution >= 0.6 is 11.6 Å². The molecule has 1 radical (unpaired) electrons. The van der Waals surface area contributed by atoms with Crippen LogP contribution in [0.15, 0.2) is 120 Å². The van der Waals surface area contributed by atoms with Crippen LogP contribution < -0.4 is 15.0 Å². The molecule has 3 aromatic heterocycles. The van der Waals surface area contributed by atoms with Crippen molar-refractivity contribution >= 4 is 30.0 Å². The second-order valence-electron chi connectivity index (χ2n) is 9.17. The Balaban J connectivity index is 0.000000700. The summed E-state index contributed by atoms with van der Waals surface area (Å²) in [5, 5.41) is 6.95. The number of ether oxygens (including phenoxy) is 4. The van der Waals surface area contributed by atoms with Gasteiger partial charge in [-0.25, -0.2) is 24.8 Å². The van der Waals surface area contributed by atoms with E-state index in [0.29, 0.717) is 42.0 Å². The van der Waals surface area contributed by atoms with Crippen molar-refractivity contribution < 1.29 is 88.2 Å². The van der Waals surface area contributed by atoms with Gasteiger partial charge in [0.15, 0.2) is 0 Å². The minimum atomic E-state index is -0.457. The fourth-order valence-electron chi connectivity index (χ4n) is 3.40. The number of alkyl halides is 1. The maximum atomic E-state index is 11.2. The Labute approximate surface area is 330 Å². The number of hydrogen-bond donors (Lipinski definition) is 2. The number of hydrogen-bond acceptors (Lipinski definition) is 12. The second-order valence-corrected chi connectivity index (χ2v) is 9.44. The van der Waals surface area contributed by atoms with Crippen LogP contribution in [-0.2, 0) is 83.0 Å². The van der Waals surface area contributed by atoms with E-state index in [9.17, 15) is 14.4 Å². The maximum absolute atomic E-state index is 11.2. The van der Waals surface area contributed by atoms with Gasteiger partial charge >= 0.3 is 34.3 Å². The van der Waals surface area contributed by atoms with Crippen LogP contribution in [0.25, 0.3) is 0 Å². The van der Waals surface area contributed by atoms with E-state index in [1.807, 2.05) is 72.8 Å². The molecule has 0 bridgehead atoms. The Morgan fingerprint density at radius 2 is 1.20 bits per heavy atom. The number of nitrogens with zero attached hydrogens (tertiary/aromatic N) is 2. The molecule has 3 heterocycles. The molecule has 0 amide bonds. The first-order valence-electron chi connectivity index (χ1n) is 14.2. The molecule has 5 rings (SSSR count). The van der Waals surface area contributed by atoms with Crippen LogP contribution in [0.4, 0.5) is 0 Å². The van der Waals surface area contributed by atoms with Crippen molar-refractivity contribution in [3.63, 3.8) is 0 Å². The number of aromatic nitrogens is 3. The molecule has 13 nitrogen and oxygen atoms in total.